The zero-order chi connectivity index (χ0) is 16.4. The normalized spacial score (nSPS) is 11.3. The molecule has 7 heteroatoms. The molecule has 5 nitrogen and oxygen atoms in total. The summed E-state index contributed by atoms with van der Waals surface area (Å²) in [4.78, 5) is 8.20. The largest absolute Gasteiger partial charge is 0.382 e. The monoisotopic (exact) mass is 345 g/mol. The second kappa shape index (κ2) is 5.98. The van der Waals surface area contributed by atoms with Crippen molar-refractivity contribution in [1.29, 1.82) is 0 Å². The highest BCUT2D eigenvalue weighted by Crippen LogP contribution is 2.26. The van der Waals surface area contributed by atoms with Gasteiger partial charge in [0.1, 0.15) is 10.7 Å². The maximum Gasteiger partial charge on any atom is 0.211 e. The third-order valence-electron chi connectivity index (χ3n) is 3.23. The fourth-order valence-electron chi connectivity index (χ4n) is 2.06. The molecule has 3 rings (SSSR count). The highest BCUT2D eigenvalue weighted by atomic mass is 35.5. The van der Waals surface area contributed by atoms with Crippen LogP contribution >= 0.6 is 11.6 Å². The molecule has 2 aromatic carbocycles. The standard InChI is InChI=1S/C16H12ClN3O2S/c17-12-6-8-13(9-7-12)23(21,22)14-10-19-16(20-15(14)18)11-4-2-1-3-5-11/h1-10H,(H2,18,19,20). The van der Waals surface area contributed by atoms with E-state index in [9.17, 15) is 8.42 Å². The van der Waals surface area contributed by atoms with Crippen molar-refractivity contribution in [2.45, 2.75) is 9.79 Å². The van der Waals surface area contributed by atoms with Crippen molar-refractivity contribution < 1.29 is 8.42 Å². The number of nitrogen functional groups attached to an aromatic ring is 1. The van der Waals surface area contributed by atoms with Gasteiger partial charge in [-0.25, -0.2) is 18.4 Å². The molecule has 0 spiro atoms. The number of rotatable bonds is 3. The molecule has 0 atom stereocenters. The molecule has 0 amide bonds. The summed E-state index contributed by atoms with van der Waals surface area (Å²) in [5, 5.41) is 0.451. The lowest BCUT2D eigenvalue weighted by Crippen LogP contribution is -2.08. The molecule has 0 saturated carbocycles. The minimum Gasteiger partial charge on any atom is -0.382 e. The van der Waals surface area contributed by atoms with Gasteiger partial charge in [-0.1, -0.05) is 41.9 Å². The van der Waals surface area contributed by atoms with E-state index in [1.165, 1.54) is 30.5 Å². The number of aromatic nitrogens is 2. The summed E-state index contributed by atoms with van der Waals surface area (Å²) in [7, 11) is -3.79. The SMILES string of the molecule is Nc1nc(-c2ccccc2)ncc1S(=O)(=O)c1ccc(Cl)cc1. The molecule has 0 aliphatic heterocycles. The van der Waals surface area contributed by atoms with Crippen LogP contribution in [0.5, 0.6) is 0 Å². The molecule has 1 aromatic heterocycles. The summed E-state index contributed by atoms with van der Waals surface area (Å²) < 4.78 is 25.2. The van der Waals surface area contributed by atoms with Crippen LogP contribution in [-0.4, -0.2) is 18.4 Å². The molecule has 2 N–H and O–H groups in total. The number of halogens is 1. The number of sulfone groups is 1. The summed E-state index contributed by atoms with van der Waals surface area (Å²) in [6.45, 7) is 0. The molecule has 0 saturated heterocycles. The summed E-state index contributed by atoms with van der Waals surface area (Å²) in [5.41, 5.74) is 6.61. The second-order valence-corrected chi connectivity index (χ2v) is 7.12. The van der Waals surface area contributed by atoms with E-state index in [-0.39, 0.29) is 15.6 Å². The molecule has 0 aliphatic rings. The average molecular weight is 346 g/mol. The molecular formula is C16H12ClN3O2S. The molecule has 23 heavy (non-hydrogen) atoms. The van der Waals surface area contributed by atoms with Crippen LogP contribution in [0, 0.1) is 0 Å². The fourth-order valence-corrected chi connectivity index (χ4v) is 3.44. The van der Waals surface area contributed by atoms with Gasteiger partial charge in [-0.15, -0.1) is 0 Å². The minimum atomic E-state index is -3.79. The minimum absolute atomic E-state index is 0.0876. The van der Waals surface area contributed by atoms with E-state index < -0.39 is 9.84 Å². The quantitative estimate of drug-likeness (QED) is 0.787. The Hall–Kier alpha value is -2.44. The van der Waals surface area contributed by atoms with Crippen molar-refractivity contribution in [3.63, 3.8) is 0 Å². The zero-order valence-corrected chi connectivity index (χ0v) is 13.4. The van der Waals surface area contributed by atoms with Gasteiger partial charge in [0.25, 0.3) is 0 Å². The van der Waals surface area contributed by atoms with E-state index in [1.807, 2.05) is 30.3 Å². The third kappa shape index (κ3) is 3.04. The summed E-state index contributed by atoms with van der Waals surface area (Å²) in [6, 6.07) is 15.0. The van der Waals surface area contributed by atoms with Crippen molar-refractivity contribution in [3.05, 3.63) is 65.8 Å². The van der Waals surface area contributed by atoms with Crippen LogP contribution < -0.4 is 5.73 Å². The van der Waals surface area contributed by atoms with Gasteiger partial charge >= 0.3 is 0 Å². The lowest BCUT2D eigenvalue weighted by molar-refractivity contribution is 0.595. The third-order valence-corrected chi connectivity index (χ3v) is 5.27. The number of nitrogens with zero attached hydrogens (tertiary/aromatic N) is 2. The molecule has 116 valence electrons. The van der Waals surface area contributed by atoms with Crippen LogP contribution in [0.3, 0.4) is 0 Å². The van der Waals surface area contributed by atoms with Crippen molar-refractivity contribution in [3.8, 4) is 11.4 Å². The van der Waals surface area contributed by atoms with Gasteiger partial charge in [-0.2, -0.15) is 0 Å². The molecular weight excluding hydrogens is 334 g/mol. The Balaban J connectivity index is 2.05. The molecule has 1 heterocycles. The lowest BCUT2D eigenvalue weighted by Gasteiger charge is -2.08. The Bertz CT molecular complexity index is 943. The molecule has 0 radical (unpaired) electrons. The first-order chi connectivity index (χ1) is 11.0. The number of nitrogens with two attached hydrogens (primary N) is 1. The molecule has 0 fully saturated rings. The van der Waals surface area contributed by atoms with Gasteiger partial charge in [0.2, 0.25) is 9.84 Å². The Morgan fingerprint density at radius 3 is 2.22 bits per heavy atom. The molecule has 3 aromatic rings. The zero-order valence-electron chi connectivity index (χ0n) is 11.8. The Labute approximate surface area is 138 Å². The van der Waals surface area contributed by atoms with Crippen LogP contribution in [0.4, 0.5) is 5.82 Å². The topological polar surface area (TPSA) is 85.9 Å². The lowest BCUT2D eigenvalue weighted by atomic mass is 10.2. The van der Waals surface area contributed by atoms with Gasteiger partial charge in [0, 0.05) is 10.6 Å². The second-order valence-electron chi connectivity index (χ2n) is 4.77. The van der Waals surface area contributed by atoms with Crippen LogP contribution in [0.2, 0.25) is 5.02 Å². The first-order valence-corrected chi connectivity index (χ1v) is 8.53. The van der Waals surface area contributed by atoms with E-state index >= 15 is 0 Å². The van der Waals surface area contributed by atoms with Gasteiger partial charge in [0.15, 0.2) is 5.82 Å². The van der Waals surface area contributed by atoms with Crippen molar-refractivity contribution in [2.75, 3.05) is 5.73 Å². The molecule has 0 unspecified atom stereocenters. The van der Waals surface area contributed by atoms with Crippen LogP contribution in [0.1, 0.15) is 0 Å². The predicted octanol–water partition coefficient (Wildman–Crippen LogP) is 3.21. The summed E-state index contributed by atoms with van der Waals surface area (Å²) >= 11 is 5.78. The maximum atomic E-state index is 12.6. The van der Waals surface area contributed by atoms with E-state index in [4.69, 9.17) is 17.3 Å². The highest BCUT2D eigenvalue weighted by molar-refractivity contribution is 7.91. The number of hydrogen-bond donors (Lipinski definition) is 1. The van der Waals surface area contributed by atoms with E-state index in [0.29, 0.717) is 10.8 Å². The predicted molar refractivity (Wildman–Crippen MR) is 88.8 cm³/mol. The van der Waals surface area contributed by atoms with Crippen molar-refractivity contribution in [2.24, 2.45) is 0 Å². The number of anilines is 1. The van der Waals surface area contributed by atoms with Gasteiger partial charge in [-0.05, 0) is 24.3 Å². The van der Waals surface area contributed by atoms with Crippen LogP contribution in [-0.2, 0) is 9.84 Å². The van der Waals surface area contributed by atoms with Crippen molar-refractivity contribution >= 4 is 27.3 Å². The molecule has 0 bridgehead atoms. The smallest absolute Gasteiger partial charge is 0.211 e. The summed E-state index contributed by atoms with van der Waals surface area (Å²) in [5.74, 6) is 0.284. The van der Waals surface area contributed by atoms with Crippen LogP contribution in [0.15, 0.2) is 70.6 Å². The summed E-state index contributed by atoms with van der Waals surface area (Å²) in [6.07, 6.45) is 1.23. The van der Waals surface area contributed by atoms with E-state index in [2.05, 4.69) is 9.97 Å². The number of benzene rings is 2. The van der Waals surface area contributed by atoms with Gasteiger partial charge < -0.3 is 5.73 Å². The first kappa shape index (κ1) is 15.5. The van der Waals surface area contributed by atoms with E-state index in [0.717, 1.165) is 5.56 Å². The average Bonchev–Trinajstić information content (AvgIpc) is 2.56. The first-order valence-electron chi connectivity index (χ1n) is 6.67. The van der Waals surface area contributed by atoms with E-state index in [1.54, 1.807) is 0 Å². The van der Waals surface area contributed by atoms with Gasteiger partial charge in [0.05, 0.1) is 11.1 Å². The van der Waals surface area contributed by atoms with Gasteiger partial charge in [-0.3, -0.25) is 0 Å². The molecule has 0 aliphatic carbocycles. The highest BCUT2D eigenvalue weighted by Gasteiger charge is 2.22. The Morgan fingerprint density at radius 1 is 0.957 bits per heavy atom. The van der Waals surface area contributed by atoms with Crippen LogP contribution in [0.25, 0.3) is 11.4 Å². The van der Waals surface area contributed by atoms with Crippen molar-refractivity contribution in [1.82, 2.24) is 9.97 Å². The Morgan fingerprint density at radius 2 is 1.61 bits per heavy atom. The Kier molecular flexibility index (Phi) is 4.02. The fraction of sp³-hybridized carbons (Fsp3) is 0. The number of hydrogen-bond acceptors (Lipinski definition) is 5. The maximum absolute atomic E-state index is 12.6.